The van der Waals surface area contributed by atoms with Crippen LogP contribution in [0.15, 0.2) is 36.4 Å². The van der Waals surface area contributed by atoms with Gasteiger partial charge in [0.1, 0.15) is 0 Å². The zero-order valence-electron chi connectivity index (χ0n) is 17.0. The van der Waals surface area contributed by atoms with Crippen LogP contribution in [0.2, 0.25) is 0 Å². The predicted octanol–water partition coefficient (Wildman–Crippen LogP) is 3.13. The van der Waals surface area contributed by atoms with Crippen molar-refractivity contribution in [2.75, 3.05) is 39.7 Å². The molecule has 1 N–H and O–H groups in total. The minimum absolute atomic E-state index is 0.148. The molecule has 1 fully saturated rings. The molecule has 0 atom stereocenters. The summed E-state index contributed by atoms with van der Waals surface area (Å²) in [5.74, 6) is 0.960. The summed E-state index contributed by atoms with van der Waals surface area (Å²) >= 11 is 0. The Morgan fingerprint density at radius 1 is 0.897 bits per heavy atom. The Hall–Kier alpha value is -3.22. The molecule has 0 saturated carbocycles. The van der Waals surface area contributed by atoms with Gasteiger partial charge in [0.05, 0.1) is 33.3 Å². The normalized spacial score (nSPS) is 13.1. The van der Waals surface area contributed by atoms with Crippen molar-refractivity contribution in [1.29, 1.82) is 0 Å². The summed E-state index contributed by atoms with van der Waals surface area (Å²) in [6.45, 7) is 1.69. The molecule has 0 spiro atoms. The summed E-state index contributed by atoms with van der Waals surface area (Å²) in [4.78, 5) is 26.9. The third-order valence-corrected chi connectivity index (χ3v) is 4.97. The number of anilines is 1. The number of rotatable bonds is 7. The second-order valence-corrected chi connectivity index (χ2v) is 6.80. The molecule has 29 heavy (non-hydrogen) atoms. The molecule has 2 aromatic rings. The summed E-state index contributed by atoms with van der Waals surface area (Å²) in [5.41, 5.74) is 1.88. The first-order valence-corrected chi connectivity index (χ1v) is 9.54. The second kappa shape index (κ2) is 9.32. The van der Waals surface area contributed by atoms with Gasteiger partial charge >= 0.3 is 0 Å². The van der Waals surface area contributed by atoms with Crippen LogP contribution in [0.25, 0.3) is 0 Å². The topological polar surface area (TPSA) is 77.1 Å². The first kappa shape index (κ1) is 20.5. The van der Waals surface area contributed by atoms with Gasteiger partial charge in [-0.2, -0.15) is 0 Å². The van der Waals surface area contributed by atoms with Crippen LogP contribution in [0.3, 0.4) is 0 Å². The van der Waals surface area contributed by atoms with Crippen LogP contribution in [0, 0.1) is 0 Å². The monoisotopic (exact) mass is 398 g/mol. The van der Waals surface area contributed by atoms with Crippen molar-refractivity contribution >= 4 is 17.5 Å². The minimum atomic E-state index is -0.330. The fourth-order valence-electron chi connectivity index (χ4n) is 3.44. The number of carbonyl (C=O) groups excluding carboxylic acids is 2. The molecule has 0 unspecified atom stereocenters. The number of methoxy groups -OCH3 is 3. The zero-order valence-corrected chi connectivity index (χ0v) is 17.0. The Labute approximate surface area is 170 Å². The van der Waals surface area contributed by atoms with Gasteiger partial charge < -0.3 is 24.4 Å². The number of ether oxygens (including phenoxy) is 3. The summed E-state index contributed by atoms with van der Waals surface area (Å²) in [6, 6.07) is 10.6. The number of hydrogen-bond acceptors (Lipinski definition) is 5. The van der Waals surface area contributed by atoms with Crippen LogP contribution >= 0.6 is 0 Å². The molecule has 0 aromatic heterocycles. The van der Waals surface area contributed by atoms with Crippen molar-refractivity contribution < 1.29 is 23.8 Å². The van der Waals surface area contributed by atoms with Gasteiger partial charge in [-0.15, -0.1) is 0 Å². The molecule has 154 valence electrons. The molecule has 2 aromatic carbocycles. The lowest BCUT2D eigenvalue weighted by atomic mass is 10.1. The zero-order chi connectivity index (χ0) is 20.8. The van der Waals surface area contributed by atoms with Crippen LogP contribution in [-0.2, 0) is 11.2 Å². The molecule has 0 radical (unpaired) electrons. The summed E-state index contributed by atoms with van der Waals surface area (Å²) in [7, 11) is 4.48. The molecule has 1 aliphatic rings. The van der Waals surface area contributed by atoms with Gasteiger partial charge in [0.25, 0.3) is 5.91 Å². The maximum Gasteiger partial charge on any atom is 0.259 e. The molecule has 2 amide bonds. The molecule has 0 aliphatic carbocycles. The summed E-state index contributed by atoms with van der Waals surface area (Å²) in [5, 5.41) is 2.85. The van der Waals surface area contributed by atoms with Crippen molar-refractivity contribution in [3.8, 4) is 17.2 Å². The molecule has 7 nitrogen and oxygen atoms in total. The van der Waals surface area contributed by atoms with Gasteiger partial charge in [0, 0.05) is 18.8 Å². The average Bonchev–Trinajstić information content (AvgIpc) is 3.28. The molecule has 1 aliphatic heterocycles. The van der Waals surface area contributed by atoms with Crippen molar-refractivity contribution in [1.82, 2.24) is 4.90 Å². The van der Waals surface area contributed by atoms with E-state index in [1.807, 2.05) is 17.0 Å². The smallest absolute Gasteiger partial charge is 0.259 e. The molecule has 1 heterocycles. The van der Waals surface area contributed by atoms with E-state index in [2.05, 4.69) is 5.32 Å². The number of hydrogen-bond donors (Lipinski definition) is 1. The maximum atomic E-state index is 12.7. The lowest BCUT2D eigenvalue weighted by Crippen LogP contribution is -2.29. The highest BCUT2D eigenvalue weighted by Crippen LogP contribution is 2.39. The van der Waals surface area contributed by atoms with E-state index in [-0.39, 0.29) is 11.8 Å². The van der Waals surface area contributed by atoms with Gasteiger partial charge in [-0.3, -0.25) is 9.59 Å². The molecular weight excluding hydrogens is 372 g/mol. The van der Waals surface area contributed by atoms with E-state index in [9.17, 15) is 9.59 Å². The van der Waals surface area contributed by atoms with Crippen LogP contribution in [-0.4, -0.2) is 51.1 Å². The van der Waals surface area contributed by atoms with Gasteiger partial charge in [0.2, 0.25) is 11.7 Å². The van der Waals surface area contributed by atoms with Gasteiger partial charge in [-0.1, -0.05) is 12.1 Å². The lowest BCUT2D eigenvalue weighted by Gasteiger charge is -2.16. The Morgan fingerprint density at radius 3 is 2.14 bits per heavy atom. The quantitative estimate of drug-likeness (QED) is 0.775. The highest BCUT2D eigenvalue weighted by atomic mass is 16.5. The number of nitrogens with one attached hydrogen (secondary N) is 1. The van der Waals surface area contributed by atoms with Crippen molar-refractivity contribution in [2.45, 2.75) is 19.3 Å². The largest absolute Gasteiger partial charge is 0.493 e. The lowest BCUT2D eigenvalue weighted by molar-refractivity contribution is -0.129. The SMILES string of the molecule is COc1ccc(C(=O)Nc2ccc(CC(=O)N3CCCC3)cc2)c(OC)c1OC. The van der Waals surface area contributed by atoms with E-state index >= 15 is 0 Å². The highest BCUT2D eigenvalue weighted by Gasteiger charge is 2.21. The first-order valence-electron chi connectivity index (χ1n) is 9.54. The van der Waals surface area contributed by atoms with E-state index in [0.717, 1.165) is 31.5 Å². The van der Waals surface area contributed by atoms with Crippen LogP contribution in [0.1, 0.15) is 28.8 Å². The van der Waals surface area contributed by atoms with E-state index in [1.54, 1.807) is 24.3 Å². The molecule has 3 rings (SSSR count). The number of benzene rings is 2. The average molecular weight is 398 g/mol. The van der Waals surface area contributed by atoms with E-state index in [0.29, 0.717) is 34.9 Å². The Bertz CT molecular complexity index is 874. The van der Waals surface area contributed by atoms with E-state index in [1.165, 1.54) is 21.3 Å². The number of likely N-dealkylation sites (tertiary alicyclic amines) is 1. The Morgan fingerprint density at radius 2 is 1.55 bits per heavy atom. The third-order valence-electron chi connectivity index (χ3n) is 4.97. The predicted molar refractivity (Wildman–Crippen MR) is 110 cm³/mol. The van der Waals surface area contributed by atoms with Gasteiger partial charge in [-0.25, -0.2) is 0 Å². The summed E-state index contributed by atoms with van der Waals surface area (Å²) in [6.07, 6.45) is 2.53. The molecule has 0 bridgehead atoms. The fourth-order valence-corrected chi connectivity index (χ4v) is 3.44. The number of amides is 2. The molecule has 1 saturated heterocycles. The minimum Gasteiger partial charge on any atom is -0.493 e. The van der Waals surface area contributed by atoms with Gasteiger partial charge in [0.15, 0.2) is 11.5 Å². The standard InChI is InChI=1S/C22H26N2O5/c1-27-18-11-10-17(20(28-2)21(18)29-3)22(26)23-16-8-6-15(7-9-16)14-19(25)24-12-4-5-13-24/h6-11H,4-5,12-14H2,1-3H3,(H,23,26). The fraction of sp³-hybridized carbons (Fsp3) is 0.364. The second-order valence-electron chi connectivity index (χ2n) is 6.80. The molecular formula is C22H26N2O5. The van der Waals surface area contributed by atoms with Crippen LogP contribution < -0.4 is 19.5 Å². The van der Waals surface area contributed by atoms with Gasteiger partial charge in [-0.05, 0) is 42.7 Å². The number of carbonyl (C=O) groups is 2. The number of nitrogens with zero attached hydrogens (tertiary/aromatic N) is 1. The maximum absolute atomic E-state index is 12.7. The first-order chi connectivity index (χ1) is 14.1. The third kappa shape index (κ3) is 4.62. The van der Waals surface area contributed by atoms with E-state index < -0.39 is 0 Å². The van der Waals surface area contributed by atoms with Crippen LogP contribution in [0.4, 0.5) is 5.69 Å². The van der Waals surface area contributed by atoms with Crippen molar-refractivity contribution in [3.63, 3.8) is 0 Å². The van der Waals surface area contributed by atoms with Crippen molar-refractivity contribution in [3.05, 3.63) is 47.5 Å². The van der Waals surface area contributed by atoms with E-state index in [4.69, 9.17) is 14.2 Å². The highest BCUT2D eigenvalue weighted by molar-refractivity contribution is 6.07. The van der Waals surface area contributed by atoms with Crippen LogP contribution in [0.5, 0.6) is 17.2 Å². The summed E-state index contributed by atoms with van der Waals surface area (Å²) < 4.78 is 15.9. The van der Waals surface area contributed by atoms with Crippen molar-refractivity contribution in [2.24, 2.45) is 0 Å². The molecule has 7 heteroatoms. The Kier molecular flexibility index (Phi) is 6.59. The Balaban J connectivity index is 1.70.